The average Bonchev–Trinajstić information content (AvgIpc) is 3.73. The summed E-state index contributed by atoms with van der Waals surface area (Å²) in [4.78, 5) is 15.9. The Morgan fingerprint density at radius 2 is 1.02 bits per heavy atom. The molecule has 0 spiro atoms. The van der Waals surface area contributed by atoms with Crippen LogP contribution in [0.1, 0.15) is 25.0 Å². The predicted molar refractivity (Wildman–Crippen MR) is 226 cm³/mol. The van der Waals surface area contributed by atoms with Gasteiger partial charge in [-0.15, -0.1) is 0 Å². The van der Waals surface area contributed by atoms with Crippen molar-refractivity contribution in [3.05, 3.63) is 175 Å². The maximum atomic E-state index is 5.41. The number of aromatic nitrogens is 3. The third-order valence-corrected chi connectivity index (χ3v) is 13.9. The molecule has 0 unspecified atom stereocenters. The van der Waals surface area contributed by atoms with Crippen molar-refractivity contribution in [2.24, 2.45) is 0 Å². The Hall–Kier alpha value is -6.19. The van der Waals surface area contributed by atoms with Gasteiger partial charge < -0.3 is 0 Å². The molecule has 0 amide bonds. The molecular weight excluding hydrogens is 722 g/mol. The van der Waals surface area contributed by atoms with E-state index in [0.29, 0.717) is 17.5 Å². The fourth-order valence-corrected chi connectivity index (χ4v) is 11.7. The van der Waals surface area contributed by atoms with E-state index in [1.807, 2.05) is 6.07 Å². The van der Waals surface area contributed by atoms with E-state index in [1.165, 1.54) is 74.2 Å². The van der Waals surface area contributed by atoms with Crippen LogP contribution in [0, 0.1) is 0 Å². The van der Waals surface area contributed by atoms with Gasteiger partial charge in [-0.05, 0) is 0 Å². The molecule has 54 heavy (non-hydrogen) atoms. The molecule has 0 atom stereocenters. The zero-order chi connectivity index (χ0) is 36.0. The van der Waals surface area contributed by atoms with Gasteiger partial charge in [0.1, 0.15) is 0 Å². The van der Waals surface area contributed by atoms with E-state index >= 15 is 0 Å². The van der Waals surface area contributed by atoms with Crippen LogP contribution in [0.4, 0.5) is 0 Å². The quantitative estimate of drug-likeness (QED) is 0.133. The van der Waals surface area contributed by atoms with Gasteiger partial charge in [-0.2, -0.15) is 0 Å². The van der Waals surface area contributed by atoms with Gasteiger partial charge in [0, 0.05) is 0 Å². The summed E-state index contributed by atoms with van der Waals surface area (Å²) in [6, 6.07) is 59.1. The summed E-state index contributed by atoms with van der Waals surface area (Å²) in [5.41, 5.74) is 10.7. The van der Waals surface area contributed by atoms with Gasteiger partial charge >= 0.3 is 309 Å². The van der Waals surface area contributed by atoms with Crippen LogP contribution in [-0.4, -0.2) is 29.5 Å². The normalized spacial score (nSPS) is 13.1. The Labute approximate surface area is 319 Å². The first-order chi connectivity index (χ1) is 26.5. The first-order valence-corrected chi connectivity index (χ1v) is 20.2. The second-order valence-electron chi connectivity index (χ2n) is 14.8. The molecule has 0 saturated carbocycles. The zero-order valence-corrected chi connectivity index (χ0v) is 31.6. The van der Waals surface area contributed by atoms with E-state index in [4.69, 9.17) is 15.0 Å². The summed E-state index contributed by atoms with van der Waals surface area (Å²) in [7, 11) is 0. The van der Waals surface area contributed by atoms with Gasteiger partial charge in [-0.1, -0.05) is 12.1 Å². The Kier molecular flexibility index (Phi) is 6.91. The number of rotatable bonds is 4. The molecule has 2 heterocycles. The van der Waals surface area contributed by atoms with E-state index in [-0.39, 0.29) is 19.9 Å². The zero-order valence-electron chi connectivity index (χ0n) is 29.8. The second kappa shape index (κ2) is 11.9. The summed E-state index contributed by atoms with van der Waals surface area (Å²) in [6.45, 7) is 4.64. The van der Waals surface area contributed by atoms with E-state index in [0.717, 1.165) is 16.7 Å². The molecule has 1 aliphatic carbocycles. The van der Waals surface area contributed by atoms with E-state index in [2.05, 4.69) is 172 Å². The van der Waals surface area contributed by atoms with Gasteiger partial charge in [-0.3, -0.25) is 0 Å². The number of hydrogen-bond donors (Lipinski definition) is 0. The van der Waals surface area contributed by atoms with Crippen LogP contribution in [0.3, 0.4) is 0 Å². The summed E-state index contributed by atoms with van der Waals surface area (Å²) >= 11 is 0.0498. The summed E-state index contributed by atoms with van der Waals surface area (Å²) in [5, 5.41) is 7.60. The van der Waals surface area contributed by atoms with Gasteiger partial charge in [0.2, 0.25) is 0 Å². The minimum absolute atomic E-state index is 0.0498. The van der Waals surface area contributed by atoms with Crippen molar-refractivity contribution in [3.63, 3.8) is 0 Å². The Morgan fingerprint density at radius 3 is 1.85 bits per heavy atom. The fourth-order valence-electron chi connectivity index (χ4n) is 8.66. The minimum atomic E-state index is -0.135. The third-order valence-electron chi connectivity index (χ3n) is 11.3. The number of fused-ring (bicyclic) bond motifs is 10. The predicted octanol–water partition coefficient (Wildman–Crippen LogP) is 12.5. The molecule has 2 aromatic heterocycles. The molecule has 11 rings (SSSR count). The molecule has 0 saturated heterocycles. The molecule has 10 aromatic rings. The Morgan fingerprint density at radius 1 is 0.389 bits per heavy atom. The first-order valence-electron chi connectivity index (χ1n) is 18.4. The van der Waals surface area contributed by atoms with Gasteiger partial charge in [0.15, 0.2) is 0 Å². The molecule has 0 fully saturated rings. The SMILES string of the molecule is CC1(C)c2ccccc2-c2ccc(-c3nc(-c4ccccc4)nc(-c4cc5ccc6ccccc6c5c5[se]c6c(-c7ccccc7)cccc6c45)n3)cc21. The van der Waals surface area contributed by atoms with Crippen LogP contribution in [0.15, 0.2) is 164 Å². The molecule has 0 aliphatic heterocycles. The van der Waals surface area contributed by atoms with Crippen molar-refractivity contribution >= 4 is 55.3 Å². The van der Waals surface area contributed by atoms with E-state index < -0.39 is 0 Å². The Balaban J connectivity index is 1.22. The molecular formula is C50H33N3Se. The van der Waals surface area contributed by atoms with Crippen molar-refractivity contribution in [1.82, 2.24) is 15.0 Å². The first kappa shape index (κ1) is 31.3. The van der Waals surface area contributed by atoms with Gasteiger partial charge in [0.05, 0.1) is 0 Å². The van der Waals surface area contributed by atoms with Crippen LogP contribution in [0.2, 0.25) is 0 Å². The van der Waals surface area contributed by atoms with Gasteiger partial charge in [-0.25, -0.2) is 0 Å². The molecule has 0 radical (unpaired) electrons. The molecule has 254 valence electrons. The molecule has 1 aliphatic rings. The fraction of sp³-hybridized carbons (Fsp3) is 0.0600. The number of hydrogen-bond acceptors (Lipinski definition) is 3. The average molecular weight is 755 g/mol. The molecule has 4 heteroatoms. The number of nitrogens with zero attached hydrogens (tertiary/aromatic N) is 3. The number of benzene rings is 8. The standard InChI is InChI=1S/C50H33N3Se/c1-50(2)41-23-12-11-20-37(41)38-27-26-34(29-42(38)50)48-51-47(32-17-7-4-8-18-32)52-49(53-48)40-28-33-25-24-31-16-9-10-19-35(31)43(33)46-44(40)39-22-13-21-36(45(39)54-46)30-14-5-3-6-15-30/h3-29H,1-2H3. The summed E-state index contributed by atoms with van der Waals surface area (Å²) in [5.74, 6) is 2.05. The van der Waals surface area contributed by atoms with Crippen molar-refractivity contribution in [3.8, 4) is 56.4 Å². The molecule has 3 nitrogen and oxygen atoms in total. The monoisotopic (exact) mass is 755 g/mol. The van der Waals surface area contributed by atoms with Crippen molar-refractivity contribution < 1.29 is 0 Å². The van der Waals surface area contributed by atoms with Crippen LogP contribution in [0.25, 0.3) is 97.3 Å². The maximum absolute atomic E-state index is 5.41. The van der Waals surface area contributed by atoms with Crippen molar-refractivity contribution in [1.29, 1.82) is 0 Å². The topological polar surface area (TPSA) is 38.7 Å². The summed E-state index contributed by atoms with van der Waals surface area (Å²) in [6.07, 6.45) is 0. The molecule has 0 N–H and O–H groups in total. The third kappa shape index (κ3) is 4.71. The van der Waals surface area contributed by atoms with Gasteiger partial charge in [0.25, 0.3) is 0 Å². The van der Waals surface area contributed by atoms with Crippen LogP contribution in [0.5, 0.6) is 0 Å². The molecule has 0 bridgehead atoms. The van der Waals surface area contributed by atoms with E-state index in [1.54, 1.807) is 0 Å². The van der Waals surface area contributed by atoms with E-state index in [9.17, 15) is 0 Å². The van der Waals surface area contributed by atoms with Crippen LogP contribution >= 0.6 is 0 Å². The van der Waals surface area contributed by atoms with Crippen molar-refractivity contribution in [2.45, 2.75) is 19.3 Å². The Bertz CT molecular complexity index is 3120. The second-order valence-corrected chi connectivity index (χ2v) is 16.9. The van der Waals surface area contributed by atoms with Crippen LogP contribution < -0.4 is 0 Å². The molecule has 8 aromatic carbocycles. The van der Waals surface area contributed by atoms with Crippen molar-refractivity contribution in [2.75, 3.05) is 0 Å². The summed E-state index contributed by atoms with van der Waals surface area (Å²) < 4.78 is 2.80. The van der Waals surface area contributed by atoms with Crippen LogP contribution in [-0.2, 0) is 5.41 Å².